The van der Waals surface area contributed by atoms with Gasteiger partial charge < -0.3 is 19.1 Å². The van der Waals surface area contributed by atoms with Crippen LogP contribution in [-0.4, -0.2) is 16.2 Å². The molecule has 138 valence electrons. The number of aromatic nitrogens is 2. The number of aryl methyl sites for hydroxylation is 1. The second-order valence-corrected chi connectivity index (χ2v) is 6.90. The molecule has 1 heterocycles. The van der Waals surface area contributed by atoms with Gasteiger partial charge in [-0.25, -0.2) is 0 Å². The lowest BCUT2D eigenvalue weighted by molar-refractivity contribution is -0.298. The Morgan fingerprint density at radius 2 is 1.89 bits per heavy atom. The summed E-state index contributed by atoms with van der Waals surface area (Å²) in [6.07, 6.45) is 1.47. The van der Waals surface area contributed by atoms with Crippen molar-refractivity contribution in [3.8, 4) is 5.75 Å². The summed E-state index contributed by atoms with van der Waals surface area (Å²) >= 11 is 6.70. The van der Waals surface area contributed by atoms with Crippen molar-refractivity contribution in [2.24, 2.45) is 0 Å². The highest BCUT2D eigenvalue weighted by Crippen LogP contribution is 2.27. The van der Waals surface area contributed by atoms with E-state index in [2.05, 4.69) is 10.2 Å². The van der Waals surface area contributed by atoms with Crippen molar-refractivity contribution < 1.29 is 19.1 Å². The highest BCUT2D eigenvalue weighted by Gasteiger charge is 2.09. The topological polar surface area (TPSA) is 88.3 Å². The van der Waals surface area contributed by atoms with Crippen molar-refractivity contribution in [2.45, 2.75) is 18.8 Å². The molecule has 0 aliphatic rings. The Morgan fingerprint density at radius 1 is 1.19 bits per heavy atom. The van der Waals surface area contributed by atoms with Gasteiger partial charge in [0.05, 0.1) is 5.97 Å². The molecule has 0 saturated heterocycles. The number of thioether (sulfide) groups is 1. The number of ether oxygens (including phenoxy) is 1. The molecule has 1 aromatic heterocycles. The molecule has 0 fully saturated rings. The molecule has 0 saturated carbocycles. The Kier molecular flexibility index (Phi) is 6.16. The third-order valence-electron chi connectivity index (χ3n) is 3.40. The zero-order valence-electron chi connectivity index (χ0n) is 14.2. The number of carboxylic acids is 1. The first-order valence-electron chi connectivity index (χ1n) is 7.88. The smallest absolute Gasteiger partial charge is 0.281 e. The molecule has 0 atom stereocenters. The molecule has 0 aliphatic heterocycles. The average molecular weight is 402 g/mol. The van der Waals surface area contributed by atoms with Gasteiger partial charge in [-0.1, -0.05) is 35.9 Å². The quantitative estimate of drug-likeness (QED) is 0.442. The van der Waals surface area contributed by atoms with Gasteiger partial charge in [-0.3, -0.25) is 0 Å². The van der Waals surface area contributed by atoms with Gasteiger partial charge in [-0.15, -0.1) is 10.2 Å². The monoisotopic (exact) mass is 401 g/mol. The van der Waals surface area contributed by atoms with E-state index in [0.717, 1.165) is 17.3 Å². The lowest BCUT2D eigenvalue weighted by Crippen LogP contribution is -2.23. The number of carbonyl (C=O) groups excluding carboxylic acids is 1. The summed E-state index contributed by atoms with van der Waals surface area (Å²) in [7, 11) is 0. The summed E-state index contributed by atoms with van der Waals surface area (Å²) < 4.78 is 10.9. The molecule has 0 radical (unpaired) electrons. The second-order valence-electron chi connectivity index (χ2n) is 5.47. The van der Waals surface area contributed by atoms with Crippen molar-refractivity contribution in [3.05, 3.63) is 75.5 Å². The van der Waals surface area contributed by atoms with Crippen LogP contribution < -0.4 is 9.84 Å². The number of hydrogen-bond donors (Lipinski definition) is 0. The number of aliphatic carboxylic acids is 1. The maximum Gasteiger partial charge on any atom is 0.281 e. The number of benzene rings is 2. The second kappa shape index (κ2) is 8.75. The van der Waals surface area contributed by atoms with E-state index in [1.807, 2.05) is 12.1 Å². The van der Waals surface area contributed by atoms with Crippen LogP contribution in [0.1, 0.15) is 17.0 Å². The Morgan fingerprint density at radius 3 is 2.48 bits per heavy atom. The first kappa shape index (κ1) is 19.0. The first-order chi connectivity index (χ1) is 13.0. The van der Waals surface area contributed by atoms with Crippen molar-refractivity contribution in [1.82, 2.24) is 10.2 Å². The minimum Gasteiger partial charge on any atom is -0.544 e. The van der Waals surface area contributed by atoms with Crippen LogP contribution in [0.3, 0.4) is 0 Å². The van der Waals surface area contributed by atoms with E-state index in [4.69, 9.17) is 20.8 Å². The minimum atomic E-state index is -1.32. The highest BCUT2D eigenvalue weighted by atomic mass is 35.5. The van der Waals surface area contributed by atoms with Crippen LogP contribution in [0.5, 0.6) is 5.75 Å². The van der Waals surface area contributed by atoms with Crippen molar-refractivity contribution in [2.75, 3.05) is 0 Å². The first-order valence-corrected chi connectivity index (χ1v) is 9.07. The standard InChI is InChI=1S/C19H15ClN2O4S/c1-12-21-22-19(26-12)27-17(18(23)24)10-13-4-8-16(9-5-13)25-11-14-2-6-15(20)7-3-14/h2-10H,11H2,1H3,(H,23,24)/p-1/b17-10-. The third-order valence-corrected chi connectivity index (χ3v) is 4.50. The average Bonchev–Trinajstić information content (AvgIpc) is 3.06. The number of nitrogens with zero attached hydrogens (tertiary/aromatic N) is 2. The van der Waals surface area contributed by atoms with E-state index in [-0.39, 0.29) is 10.1 Å². The zero-order valence-corrected chi connectivity index (χ0v) is 15.8. The normalized spacial score (nSPS) is 11.4. The molecular weight excluding hydrogens is 388 g/mol. The fourth-order valence-electron chi connectivity index (χ4n) is 2.10. The molecule has 27 heavy (non-hydrogen) atoms. The van der Waals surface area contributed by atoms with E-state index in [9.17, 15) is 9.90 Å². The summed E-state index contributed by atoms with van der Waals surface area (Å²) in [6.45, 7) is 2.03. The molecule has 0 spiro atoms. The van der Waals surface area contributed by atoms with Gasteiger partial charge in [0.1, 0.15) is 12.4 Å². The lowest BCUT2D eigenvalue weighted by Gasteiger charge is -2.08. The Bertz CT molecular complexity index is 953. The molecule has 2 aromatic carbocycles. The van der Waals surface area contributed by atoms with Gasteiger partial charge in [0.25, 0.3) is 5.22 Å². The van der Waals surface area contributed by atoms with Gasteiger partial charge in [-0.2, -0.15) is 0 Å². The number of rotatable bonds is 7. The molecule has 0 N–H and O–H groups in total. The van der Waals surface area contributed by atoms with E-state index < -0.39 is 5.97 Å². The fourth-order valence-corrected chi connectivity index (χ4v) is 2.94. The van der Waals surface area contributed by atoms with Crippen LogP contribution in [0.15, 0.2) is 63.1 Å². The van der Waals surface area contributed by atoms with Crippen LogP contribution in [0, 0.1) is 6.92 Å². The number of carbonyl (C=O) groups is 1. The Hall–Kier alpha value is -2.77. The molecule has 0 unspecified atom stereocenters. The largest absolute Gasteiger partial charge is 0.544 e. The van der Waals surface area contributed by atoms with Gasteiger partial charge in [-0.05, 0) is 53.2 Å². The SMILES string of the molecule is Cc1nnc(S/C(=C\c2ccc(OCc3ccc(Cl)cc3)cc2)C(=O)[O-])o1. The van der Waals surface area contributed by atoms with Crippen LogP contribution in [-0.2, 0) is 11.4 Å². The van der Waals surface area contributed by atoms with Crippen molar-refractivity contribution >= 4 is 35.4 Å². The molecule has 3 rings (SSSR count). The van der Waals surface area contributed by atoms with Crippen LogP contribution >= 0.6 is 23.4 Å². The number of hydrogen-bond acceptors (Lipinski definition) is 7. The fraction of sp³-hybridized carbons (Fsp3) is 0.105. The van der Waals surface area contributed by atoms with Gasteiger partial charge in [0.2, 0.25) is 5.89 Å². The maximum atomic E-state index is 11.3. The number of halogens is 1. The predicted octanol–water partition coefficient (Wildman–Crippen LogP) is 3.49. The van der Waals surface area contributed by atoms with E-state index in [0.29, 0.717) is 28.8 Å². The summed E-state index contributed by atoms with van der Waals surface area (Å²) in [4.78, 5) is 11.3. The highest BCUT2D eigenvalue weighted by molar-refractivity contribution is 8.03. The van der Waals surface area contributed by atoms with E-state index in [1.165, 1.54) is 6.08 Å². The van der Waals surface area contributed by atoms with Gasteiger partial charge >= 0.3 is 0 Å². The van der Waals surface area contributed by atoms with Crippen molar-refractivity contribution in [3.63, 3.8) is 0 Å². The van der Waals surface area contributed by atoms with Crippen LogP contribution in [0.2, 0.25) is 5.02 Å². The van der Waals surface area contributed by atoms with Gasteiger partial charge in [0, 0.05) is 16.9 Å². The maximum absolute atomic E-state index is 11.3. The molecule has 3 aromatic rings. The summed E-state index contributed by atoms with van der Waals surface area (Å²) in [5.41, 5.74) is 1.67. The molecule has 0 amide bonds. The molecule has 0 aliphatic carbocycles. The van der Waals surface area contributed by atoms with Crippen LogP contribution in [0.4, 0.5) is 0 Å². The number of carboxylic acid groups (broad SMARTS) is 1. The van der Waals surface area contributed by atoms with E-state index >= 15 is 0 Å². The van der Waals surface area contributed by atoms with Gasteiger partial charge in [0.15, 0.2) is 0 Å². The Labute approximate surface area is 164 Å². The predicted molar refractivity (Wildman–Crippen MR) is 100 cm³/mol. The minimum absolute atomic E-state index is 0.0338. The summed E-state index contributed by atoms with van der Waals surface area (Å²) in [6, 6.07) is 14.4. The van der Waals surface area contributed by atoms with Crippen molar-refractivity contribution in [1.29, 1.82) is 0 Å². The summed E-state index contributed by atoms with van der Waals surface area (Å²) in [5.74, 6) is -0.298. The van der Waals surface area contributed by atoms with Crippen LogP contribution in [0.25, 0.3) is 6.08 Å². The molecule has 8 heteroatoms. The lowest BCUT2D eigenvalue weighted by atomic mass is 10.2. The van der Waals surface area contributed by atoms with E-state index in [1.54, 1.807) is 43.3 Å². The molecule has 6 nitrogen and oxygen atoms in total. The molecular formula is C19H14ClN2O4S-. The molecule has 0 bridgehead atoms. The summed E-state index contributed by atoms with van der Waals surface area (Å²) in [5, 5.41) is 19.6. The Balaban J connectivity index is 1.66. The third kappa shape index (κ3) is 5.60. The zero-order chi connectivity index (χ0) is 19.2.